The highest BCUT2D eigenvalue weighted by atomic mass is 79.9. The zero-order valence-electron chi connectivity index (χ0n) is 8.95. The summed E-state index contributed by atoms with van der Waals surface area (Å²) >= 11 is 3.72. The zero-order chi connectivity index (χ0) is 10.3. The molecule has 0 nitrogen and oxygen atoms in total. The van der Waals surface area contributed by atoms with Gasteiger partial charge in [0, 0.05) is 4.48 Å². The lowest BCUT2D eigenvalue weighted by Gasteiger charge is -2.40. The van der Waals surface area contributed by atoms with Crippen molar-refractivity contribution in [1.29, 1.82) is 0 Å². The maximum absolute atomic E-state index is 3.72. The third-order valence-corrected chi connectivity index (χ3v) is 5.04. The molecule has 3 aliphatic rings. The van der Waals surface area contributed by atoms with Gasteiger partial charge in [-0.3, -0.25) is 0 Å². The average molecular weight is 265 g/mol. The van der Waals surface area contributed by atoms with Crippen LogP contribution in [-0.4, -0.2) is 0 Å². The fourth-order valence-corrected chi connectivity index (χ4v) is 4.07. The molecule has 0 saturated heterocycles. The molecular weight excluding hydrogens is 248 g/mol. The van der Waals surface area contributed by atoms with Crippen LogP contribution in [0.2, 0.25) is 0 Å². The molecule has 0 aromatic carbocycles. The Hall–Kier alpha value is -0.300. The van der Waals surface area contributed by atoms with E-state index < -0.39 is 0 Å². The number of halogens is 1. The highest BCUT2D eigenvalue weighted by Crippen LogP contribution is 2.47. The minimum Gasteiger partial charge on any atom is -0.0882 e. The fourth-order valence-electron chi connectivity index (χ4n) is 3.40. The van der Waals surface area contributed by atoms with E-state index >= 15 is 0 Å². The number of allylic oxidation sites excluding steroid dienone is 6. The molecule has 0 spiro atoms. The van der Waals surface area contributed by atoms with Crippen LogP contribution in [0.3, 0.4) is 0 Å². The largest absolute Gasteiger partial charge is 0.0882 e. The maximum Gasteiger partial charge on any atom is 0.0167 e. The summed E-state index contributed by atoms with van der Waals surface area (Å²) in [5.74, 6) is 2.74. The molecule has 1 heteroatoms. The topological polar surface area (TPSA) is 0 Å². The predicted molar refractivity (Wildman–Crippen MR) is 67.8 cm³/mol. The normalized spacial score (nSPS) is 38.9. The van der Waals surface area contributed by atoms with Crippen molar-refractivity contribution in [2.75, 3.05) is 0 Å². The Morgan fingerprint density at radius 3 is 2.67 bits per heavy atom. The minimum absolute atomic E-state index is 0.845. The van der Waals surface area contributed by atoms with E-state index in [4.69, 9.17) is 0 Å². The lowest BCUT2D eigenvalue weighted by molar-refractivity contribution is 0.224. The Morgan fingerprint density at radius 2 is 1.80 bits per heavy atom. The van der Waals surface area contributed by atoms with Crippen molar-refractivity contribution in [2.45, 2.75) is 32.1 Å². The second-order valence-corrected chi connectivity index (χ2v) is 5.97. The van der Waals surface area contributed by atoms with Gasteiger partial charge in [-0.25, -0.2) is 0 Å². The molecule has 3 rings (SSSR count). The van der Waals surface area contributed by atoms with Crippen LogP contribution in [0.25, 0.3) is 0 Å². The summed E-state index contributed by atoms with van der Waals surface area (Å²) in [6, 6.07) is 0. The lowest BCUT2D eigenvalue weighted by Crippen LogP contribution is -2.28. The van der Waals surface area contributed by atoms with E-state index in [1.54, 1.807) is 5.57 Å². The zero-order valence-corrected chi connectivity index (χ0v) is 10.5. The summed E-state index contributed by atoms with van der Waals surface area (Å²) < 4.78 is 1.38. The Labute approximate surface area is 100 Å². The highest BCUT2D eigenvalue weighted by molar-refractivity contribution is 9.11. The van der Waals surface area contributed by atoms with Gasteiger partial charge in [-0.15, -0.1) is 0 Å². The van der Waals surface area contributed by atoms with E-state index in [9.17, 15) is 0 Å². The van der Waals surface area contributed by atoms with Crippen LogP contribution in [0.5, 0.6) is 0 Å². The Balaban J connectivity index is 1.87. The van der Waals surface area contributed by atoms with Crippen molar-refractivity contribution >= 4 is 15.9 Å². The highest BCUT2D eigenvalue weighted by Gasteiger charge is 2.34. The van der Waals surface area contributed by atoms with Crippen molar-refractivity contribution in [3.05, 3.63) is 34.4 Å². The van der Waals surface area contributed by atoms with E-state index in [1.807, 2.05) is 0 Å². The SMILES string of the molecule is BrC1=C2CC3CC=CCC3CC2CC=C1. The first-order valence-corrected chi connectivity index (χ1v) is 6.84. The molecule has 15 heavy (non-hydrogen) atoms. The summed E-state index contributed by atoms with van der Waals surface area (Å²) in [7, 11) is 0. The molecule has 3 aliphatic carbocycles. The fraction of sp³-hybridized carbons (Fsp3) is 0.571. The van der Waals surface area contributed by atoms with Gasteiger partial charge >= 0.3 is 0 Å². The molecule has 1 fully saturated rings. The van der Waals surface area contributed by atoms with Gasteiger partial charge < -0.3 is 0 Å². The Kier molecular flexibility index (Phi) is 2.59. The van der Waals surface area contributed by atoms with Gasteiger partial charge in [0.05, 0.1) is 0 Å². The lowest BCUT2D eigenvalue weighted by atomic mass is 9.66. The molecule has 0 bridgehead atoms. The van der Waals surface area contributed by atoms with Gasteiger partial charge in [0.25, 0.3) is 0 Å². The van der Waals surface area contributed by atoms with E-state index in [2.05, 4.69) is 40.2 Å². The molecular formula is C14H17Br. The van der Waals surface area contributed by atoms with Crippen LogP contribution in [0.1, 0.15) is 32.1 Å². The van der Waals surface area contributed by atoms with Crippen LogP contribution < -0.4 is 0 Å². The van der Waals surface area contributed by atoms with E-state index in [0.717, 1.165) is 17.8 Å². The average Bonchev–Trinajstić information content (AvgIpc) is 2.27. The molecule has 0 aromatic rings. The molecule has 3 atom stereocenters. The van der Waals surface area contributed by atoms with Crippen LogP contribution in [0, 0.1) is 17.8 Å². The van der Waals surface area contributed by atoms with Gasteiger partial charge in [-0.05, 0) is 49.9 Å². The van der Waals surface area contributed by atoms with Crippen molar-refractivity contribution in [3.8, 4) is 0 Å². The molecule has 0 heterocycles. The third-order valence-electron chi connectivity index (χ3n) is 4.26. The first-order chi connectivity index (χ1) is 7.34. The molecule has 1 saturated carbocycles. The predicted octanol–water partition coefficient (Wildman–Crippen LogP) is 4.59. The molecule has 0 N–H and O–H groups in total. The van der Waals surface area contributed by atoms with Gasteiger partial charge in [0.15, 0.2) is 0 Å². The number of fused-ring (bicyclic) bond motifs is 2. The summed E-state index contributed by atoms with van der Waals surface area (Å²) in [5.41, 5.74) is 1.70. The quantitative estimate of drug-likeness (QED) is 0.562. The van der Waals surface area contributed by atoms with Crippen LogP contribution >= 0.6 is 15.9 Å². The first kappa shape index (κ1) is 9.89. The van der Waals surface area contributed by atoms with Gasteiger partial charge in [0.1, 0.15) is 0 Å². The Morgan fingerprint density at radius 1 is 1.00 bits per heavy atom. The molecule has 0 aliphatic heterocycles. The van der Waals surface area contributed by atoms with E-state index in [-0.39, 0.29) is 0 Å². The summed E-state index contributed by atoms with van der Waals surface area (Å²) in [4.78, 5) is 0. The molecule has 0 aromatic heterocycles. The number of hydrogen-bond acceptors (Lipinski definition) is 0. The molecule has 0 amide bonds. The monoisotopic (exact) mass is 264 g/mol. The van der Waals surface area contributed by atoms with Crippen LogP contribution in [0.4, 0.5) is 0 Å². The number of hydrogen-bond donors (Lipinski definition) is 0. The second-order valence-electron chi connectivity index (χ2n) is 5.11. The van der Waals surface area contributed by atoms with Crippen molar-refractivity contribution < 1.29 is 0 Å². The van der Waals surface area contributed by atoms with Gasteiger partial charge in [-0.1, -0.05) is 45.8 Å². The van der Waals surface area contributed by atoms with Crippen LogP contribution in [0.15, 0.2) is 34.4 Å². The maximum atomic E-state index is 3.72. The second kappa shape index (κ2) is 3.93. The molecule has 0 radical (unpaired) electrons. The van der Waals surface area contributed by atoms with Crippen molar-refractivity contribution in [1.82, 2.24) is 0 Å². The number of rotatable bonds is 0. The molecule has 3 unspecified atom stereocenters. The standard InChI is InChI=1S/C14H17Br/c15-14-7-3-6-12-8-10-4-1-2-5-11(10)9-13(12)14/h1-3,7,10-12H,4-6,8-9H2. The summed E-state index contributed by atoms with van der Waals surface area (Å²) in [6.45, 7) is 0. The van der Waals surface area contributed by atoms with E-state index in [1.165, 1.54) is 36.6 Å². The third kappa shape index (κ3) is 1.75. The smallest absolute Gasteiger partial charge is 0.0167 e. The van der Waals surface area contributed by atoms with E-state index in [0.29, 0.717) is 0 Å². The van der Waals surface area contributed by atoms with Gasteiger partial charge in [-0.2, -0.15) is 0 Å². The molecule has 80 valence electrons. The van der Waals surface area contributed by atoms with Crippen LogP contribution in [-0.2, 0) is 0 Å². The minimum atomic E-state index is 0.845. The van der Waals surface area contributed by atoms with Crippen molar-refractivity contribution in [3.63, 3.8) is 0 Å². The first-order valence-electron chi connectivity index (χ1n) is 6.04. The van der Waals surface area contributed by atoms with Gasteiger partial charge in [0.2, 0.25) is 0 Å². The van der Waals surface area contributed by atoms with Crippen molar-refractivity contribution in [2.24, 2.45) is 17.8 Å². The Bertz CT molecular complexity index is 348. The summed E-state index contributed by atoms with van der Waals surface area (Å²) in [5, 5.41) is 0. The summed E-state index contributed by atoms with van der Waals surface area (Å²) in [6.07, 6.45) is 16.0.